The summed E-state index contributed by atoms with van der Waals surface area (Å²) >= 11 is 3.03. The molecule has 0 amide bonds. The molecule has 3 fully saturated rings. The fourth-order valence-corrected chi connectivity index (χ4v) is 9.91. The first-order valence-corrected chi connectivity index (χ1v) is 23.1. The average Bonchev–Trinajstić information content (AvgIpc) is 3.67. The van der Waals surface area contributed by atoms with Crippen molar-refractivity contribution in [1.29, 1.82) is 0 Å². The molecule has 3 aliphatic rings. The minimum Gasteiger partial charge on any atom is -0.479 e. The van der Waals surface area contributed by atoms with Gasteiger partial charge in [0.15, 0.2) is 17.4 Å². The number of fused-ring (bicyclic) bond motifs is 1. The number of hydrogen-bond acceptors (Lipinski definition) is 16. The number of carbonyl (C=O) groups is 2. The molecule has 17 nitrogen and oxygen atoms in total. The number of thioether (sulfide) groups is 2. The number of esters is 2. The molecule has 2 saturated carbocycles. The monoisotopic (exact) mass is 817 g/mol. The van der Waals surface area contributed by atoms with E-state index < -0.39 is 62.3 Å². The third-order valence-electron chi connectivity index (χ3n) is 10.1. The zero-order valence-electron chi connectivity index (χ0n) is 31.5. The van der Waals surface area contributed by atoms with E-state index in [0.717, 1.165) is 64.2 Å². The summed E-state index contributed by atoms with van der Waals surface area (Å²) in [7, 11) is -2.94. The van der Waals surface area contributed by atoms with Crippen molar-refractivity contribution in [3.05, 3.63) is 6.33 Å². The Morgan fingerprint density at radius 2 is 1.54 bits per heavy atom. The molecule has 6 N–H and O–H groups in total. The molecular weight excluding hydrogens is 762 g/mol. The van der Waals surface area contributed by atoms with Crippen LogP contribution in [0.25, 0.3) is 11.2 Å². The van der Waals surface area contributed by atoms with Crippen molar-refractivity contribution in [1.82, 2.24) is 29.7 Å². The van der Waals surface area contributed by atoms with Gasteiger partial charge in [0, 0.05) is 0 Å². The number of nitrogen functional groups attached to an aromatic ring is 1. The second-order valence-electron chi connectivity index (χ2n) is 14.3. The summed E-state index contributed by atoms with van der Waals surface area (Å²) in [4.78, 5) is 39.9. The molecule has 304 valence electrons. The van der Waals surface area contributed by atoms with Gasteiger partial charge in [-0.2, -0.15) is 33.5 Å². The molecule has 6 unspecified atom stereocenters. The van der Waals surface area contributed by atoms with Crippen LogP contribution in [-0.4, -0.2) is 122 Å². The van der Waals surface area contributed by atoms with Crippen LogP contribution in [-0.2, 0) is 32.9 Å². The van der Waals surface area contributed by atoms with Gasteiger partial charge in [-0.15, -0.1) is 0 Å². The van der Waals surface area contributed by atoms with E-state index in [1.807, 2.05) is 12.5 Å². The number of aliphatic hydroxyl groups is 2. The Morgan fingerprint density at radius 3 is 2.04 bits per heavy atom. The summed E-state index contributed by atoms with van der Waals surface area (Å²) in [5.74, 6) is -0.0170. The number of nitrogens with two attached hydrogens (primary N) is 1. The lowest BCUT2D eigenvalue weighted by atomic mass is 9.96. The van der Waals surface area contributed by atoms with Crippen molar-refractivity contribution in [3.63, 3.8) is 0 Å². The van der Waals surface area contributed by atoms with Crippen molar-refractivity contribution in [2.45, 2.75) is 132 Å². The molecule has 2 aromatic heterocycles. The summed E-state index contributed by atoms with van der Waals surface area (Å²) in [5, 5.41) is 28.8. The Labute approximate surface area is 324 Å². The van der Waals surface area contributed by atoms with Crippen molar-refractivity contribution in [2.24, 2.45) is 0 Å². The number of rotatable bonds is 19. The average molecular weight is 818 g/mol. The summed E-state index contributed by atoms with van der Waals surface area (Å²) in [6, 6.07) is -2.09. The third kappa shape index (κ3) is 10.8. The second kappa shape index (κ2) is 19.8. The van der Waals surface area contributed by atoms with Crippen LogP contribution >= 0.6 is 31.2 Å². The zero-order valence-corrected chi connectivity index (χ0v) is 34.0. The lowest BCUT2D eigenvalue weighted by Crippen LogP contribution is -2.47. The van der Waals surface area contributed by atoms with E-state index in [2.05, 4.69) is 25.1 Å². The van der Waals surface area contributed by atoms with Crippen molar-refractivity contribution in [3.8, 4) is 5.88 Å². The number of nitrogens with zero attached hydrogens (tertiary/aromatic N) is 4. The van der Waals surface area contributed by atoms with Crippen LogP contribution in [0.3, 0.4) is 0 Å². The van der Waals surface area contributed by atoms with Gasteiger partial charge >= 0.3 is 19.6 Å². The summed E-state index contributed by atoms with van der Waals surface area (Å²) in [5.41, 5.74) is 4.42. The minimum atomic E-state index is -4.35. The van der Waals surface area contributed by atoms with Crippen molar-refractivity contribution < 1.29 is 47.8 Å². The number of aromatic nitrogens is 4. The highest BCUT2D eigenvalue weighted by atomic mass is 32.2. The fraction of sp³-hybridized carbons (Fsp3) is 0.794. The van der Waals surface area contributed by atoms with Gasteiger partial charge in [0.25, 0.3) is 0 Å². The Bertz CT molecular complexity index is 1540. The highest BCUT2D eigenvalue weighted by Gasteiger charge is 2.54. The maximum absolute atomic E-state index is 15.0. The van der Waals surface area contributed by atoms with Crippen LogP contribution in [0.2, 0.25) is 0 Å². The Balaban J connectivity index is 1.40. The van der Waals surface area contributed by atoms with Gasteiger partial charge < -0.3 is 39.4 Å². The van der Waals surface area contributed by atoms with E-state index >= 15 is 4.57 Å². The van der Waals surface area contributed by atoms with Gasteiger partial charge in [0.05, 0.1) is 20.0 Å². The smallest absolute Gasteiger partial charge is 0.342 e. The lowest BCUT2D eigenvalue weighted by Gasteiger charge is -2.31. The first kappa shape index (κ1) is 42.9. The minimum absolute atomic E-state index is 0.103. The molecule has 0 radical (unpaired) electrons. The molecule has 2 aliphatic carbocycles. The molecule has 2 aromatic rings. The van der Waals surface area contributed by atoms with Gasteiger partial charge in [0.1, 0.15) is 42.1 Å². The molecule has 3 heterocycles. The molecule has 0 aromatic carbocycles. The van der Waals surface area contributed by atoms with Crippen LogP contribution < -0.4 is 20.6 Å². The first-order valence-electron chi connectivity index (χ1n) is 18.7. The number of anilines is 1. The molecule has 1 aliphatic heterocycles. The van der Waals surface area contributed by atoms with E-state index in [4.69, 9.17) is 29.2 Å². The van der Waals surface area contributed by atoms with Crippen LogP contribution in [0.4, 0.5) is 5.95 Å². The van der Waals surface area contributed by atoms with Gasteiger partial charge in [-0.25, -0.2) is 15.2 Å². The van der Waals surface area contributed by atoms with E-state index in [0.29, 0.717) is 11.5 Å². The molecule has 6 atom stereocenters. The first-order chi connectivity index (χ1) is 25.9. The SMILES string of the molecule is COc1nc(N)nc2c1ncn2C1OC(COP(=O)(NC(CCSC)C(=O)OC2CCCCC2)NC(CCSC)C(=O)OC2CCCCC2)C(O)C1(C)O. The molecule has 20 heteroatoms. The fourth-order valence-electron chi connectivity index (χ4n) is 7.10. The highest BCUT2D eigenvalue weighted by Crippen LogP contribution is 2.45. The molecule has 54 heavy (non-hydrogen) atoms. The Kier molecular flexibility index (Phi) is 15.7. The normalized spacial score (nSPS) is 26.3. The number of imidazole rings is 1. The summed E-state index contributed by atoms with van der Waals surface area (Å²) < 4.78 is 45.8. The number of ether oxygens (including phenoxy) is 4. The number of methoxy groups -OCH3 is 1. The maximum atomic E-state index is 15.0. The van der Waals surface area contributed by atoms with Crippen LogP contribution in [0, 0.1) is 0 Å². The van der Waals surface area contributed by atoms with Gasteiger partial charge in [-0.05, 0) is 95.1 Å². The summed E-state index contributed by atoms with van der Waals surface area (Å²) in [6.07, 6.45) is 10.2. The number of hydrogen-bond donors (Lipinski definition) is 5. The van der Waals surface area contributed by atoms with E-state index in [1.54, 1.807) is 0 Å². The number of nitrogens with one attached hydrogen (secondary N) is 2. The van der Waals surface area contributed by atoms with Crippen molar-refractivity contribution in [2.75, 3.05) is 43.5 Å². The van der Waals surface area contributed by atoms with Crippen molar-refractivity contribution >= 4 is 60.2 Å². The van der Waals surface area contributed by atoms with E-state index in [-0.39, 0.29) is 48.0 Å². The maximum Gasteiger partial charge on any atom is 0.342 e. The Morgan fingerprint density at radius 1 is 1.00 bits per heavy atom. The second-order valence-corrected chi connectivity index (χ2v) is 18.1. The molecule has 0 spiro atoms. The molecular formula is C34H56N7O10PS2. The third-order valence-corrected chi connectivity index (χ3v) is 13.2. The lowest BCUT2D eigenvalue weighted by molar-refractivity contribution is -0.153. The predicted octanol–water partition coefficient (Wildman–Crippen LogP) is 3.73. The van der Waals surface area contributed by atoms with Crippen LogP contribution in [0.5, 0.6) is 5.88 Å². The summed E-state index contributed by atoms with van der Waals surface area (Å²) in [6.45, 7) is 0.865. The van der Waals surface area contributed by atoms with Gasteiger partial charge in [0.2, 0.25) is 11.8 Å². The standard InChI is InChI=1S/C34H56N7O10PS2/c1-34(45)27(42)25(51-32(34)41-20-36-26-28(41)37-33(35)38-29(26)47-2)19-48-52(46,39-23(15-17-53-3)30(43)49-21-11-7-5-8-12-21)40-24(16-18-54-4)31(44)50-22-13-9-6-10-14-22/h20-25,27,32,42,45H,5-19H2,1-4H3,(H2,35,37,38)(H2,39,40,46). The number of aliphatic hydroxyl groups excluding tert-OH is 1. The predicted molar refractivity (Wildman–Crippen MR) is 206 cm³/mol. The highest BCUT2D eigenvalue weighted by molar-refractivity contribution is 7.98. The van der Waals surface area contributed by atoms with Gasteiger partial charge in [-0.3, -0.25) is 18.7 Å². The molecule has 1 saturated heterocycles. The Hall–Kier alpha value is -2.22. The quantitative estimate of drug-likeness (QED) is 0.100. The van der Waals surface area contributed by atoms with Gasteiger partial charge in [-0.1, -0.05) is 12.8 Å². The topological polar surface area (TPSA) is 231 Å². The molecule has 0 bridgehead atoms. The van der Waals surface area contributed by atoms with E-state index in [9.17, 15) is 19.8 Å². The van der Waals surface area contributed by atoms with Crippen LogP contribution in [0.1, 0.15) is 90.2 Å². The van der Waals surface area contributed by atoms with Crippen LogP contribution in [0.15, 0.2) is 6.33 Å². The number of carbonyl (C=O) groups excluding carboxylic acids is 2. The zero-order chi connectivity index (χ0) is 38.9. The molecule has 5 rings (SSSR count). The largest absolute Gasteiger partial charge is 0.479 e. The van der Waals surface area contributed by atoms with E-state index in [1.165, 1.54) is 48.5 Å².